The maximum Gasteiger partial charge on any atom is 0.416 e. The number of halogens is 3. The van der Waals surface area contributed by atoms with Gasteiger partial charge in [0.1, 0.15) is 13.2 Å². The van der Waals surface area contributed by atoms with Gasteiger partial charge in [0.2, 0.25) is 0 Å². The highest BCUT2D eigenvalue weighted by Gasteiger charge is 2.31. The summed E-state index contributed by atoms with van der Waals surface area (Å²) < 4.78 is 49.2. The lowest BCUT2D eigenvalue weighted by Crippen LogP contribution is -2.17. The lowest BCUT2D eigenvalue weighted by Gasteiger charge is -2.18. The lowest BCUT2D eigenvalue weighted by atomic mass is 9.91. The van der Waals surface area contributed by atoms with E-state index in [4.69, 9.17) is 9.47 Å². The van der Waals surface area contributed by atoms with Crippen LogP contribution in [-0.4, -0.2) is 35.1 Å². The van der Waals surface area contributed by atoms with Crippen LogP contribution in [0, 0.1) is 0 Å². The topological polar surface area (TPSA) is 88.6 Å². The number of ketones is 1. The van der Waals surface area contributed by atoms with Crippen LogP contribution in [0.25, 0.3) is 10.9 Å². The van der Waals surface area contributed by atoms with E-state index in [-0.39, 0.29) is 5.56 Å². The molecule has 1 aliphatic heterocycles. The maximum absolute atomic E-state index is 12.7. The van der Waals surface area contributed by atoms with Crippen LogP contribution in [-0.2, 0) is 11.0 Å². The Kier molecular flexibility index (Phi) is 4.89. The van der Waals surface area contributed by atoms with Gasteiger partial charge in [-0.3, -0.25) is 9.59 Å². The molecule has 6 nitrogen and oxygen atoms in total. The molecule has 0 bridgehead atoms. The fourth-order valence-electron chi connectivity index (χ4n) is 3.45. The Labute approximate surface area is 168 Å². The van der Waals surface area contributed by atoms with Gasteiger partial charge in [-0.25, -0.2) is 0 Å². The van der Waals surface area contributed by atoms with Crippen LogP contribution in [0.5, 0.6) is 11.5 Å². The van der Waals surface area contributed by atoms with Gasteiger partial charge in [0.15, 0.2) is 17.3 Å². The third kappa shape index (κ3) is 3.70. The van der Waals surface area contributed by atoms with Crippen LogP contribution in [0.3, 0.4) is 0 Å². The molecule has 1 atom stereocenters. The highest BCUT2D eigenvalue weighted by molar-refractivity contribution is 6.00. The molecule has 3 aromatic rings. The fourth-order valence-corrected chi connectivity index (χ4v) is 3.45. The second kappa shape index (κ2) is 7.40. The predicted octanol–water partition coefficient (Wildman–Crippen LogP) is 4.40. The minimum atomic E-state index is -4.51. The highest BCUT2D eigenvalue weighted by Crippen LogP contribution is 2.38. The van der Waals surface area contributed by atoms with Crippen molar-refractivity contribution >= 4 is 22.7 Å². The van der Waals surface area contributed by atoms with E-state index in [1.165, 1.54) is 6.20 Å². The standard InChI is InChI=1S/C21H16F3NO5/c22-21(23,24)12-3-1-11(2-4-12)17(26)7-14(20(27)28)15-10-25-16-9-19-18(8-13(15)16)29-5-6-30-19/h1-4,8-10,14,25H,5-7H2,(H,27,28). The largest absolute Gasteiger partial charge is 0.486 e. The van der Waals surface area contributed by atoms with Gasteiger partial charge in [-0.2, -0.15) is 13.2 Å². The molecule has 1 aromatic heterocycles. The van der Waals surface area contributed by atoms with E-state index in [0.29, 0.717) is 41.2 Å². The van der Waals surface area contributed by atoms with Crippen LogP contribution in [0.1, 0.15) is 33.8 Å². The van der Waals surface area contributed by atoms with E-state index in [0.717, 1.165) is 24.3 Å². The molecule has 156 valence electrons. The first kappa shape index (κ1) is 19.8. The molecule has 9 heteroatoms. The Morgan fingerprint density at radius 3 is 2.30 bits per heavy atom. The molecule has 0 fully saturated rings. The molecule has 1 aliphatic rings. The van der Waals surface area contributed by atoms with E-state index in [9.17, 15) is 27.9 Å². The van der Waals surface area contributed by atoms with Gasteiger partial charge in [-0.05, 0) is 23.8 Å². The number of aromatic amines is 1. The molecule has 0 spiro atoms. The molecule has 0 radical (unpaired) electrons. The number of alkyl halides is 3. The summed E-state index contributed by atoms with van der Waals surface area (Å²) in [6.07, 6.45) is -3.41. The third-order valence-electron chi connectivity index (χ3n) is 4.97. The molecule has 1 unspecified atom stereocenters. The van der Waals surface area contributed by atoms with Gasteiger partial charge in [-0.1, -0.05) is 12.1 Å². The molecule has 4 rings (SSSR count). The van der Waals surface area contributed by atoms with Crippen molar-refractivity contribution in [3.05, 3.63) is 59.3 Å². The zero-order chi connectivity index (χ0) is 21.5. The van der Waals surface area contributed by atoms with Crippen molar-refractivity contribution in [2.75, 3.05) is 13.2 Å². The third-order valence-corrected chi connectivity index (χ3v) is 4.97. The summed E-state index contributed by atoms with van der Waals surface area (Å²) >= 11 is 0. The van der Waals surface area contributed by atoms with Crippen molar-refractivity contribution in [3.8, 4) is 11.5 Å². The van der Waals surface area contributed by atoms with Crippen molar-refractivity contribution in [2.24, 2.45) is 0 Å². The van der Waals surface area contributed by atoms with Gasteiger partial charge < -0.3 is 19.6 Å². The average Bonchev–Trinajstić information content (AvgIpc) is 3.11. The monoisotopic (exact) mass is 419 g/mol. The summed E-state index contributed by atoms with van der Waals surface area (Å²) in [6, 6.07) is 7.08. The second-order valence-electron chi connectivity index (χ2n) is 6.88. The lowest BCUT2D eigenvalue weighted by molar-refractivity contribution is -0.139. The van der Waals surface area contributed by atoms with Gasteiger partial charge >= 0.3 is 12.1 Å². The van der Waals surface area contributed by atoms with E-state index >= 15 is 0 Å². The number of carbonyl (C=O) groups is 2. The van der Waals surface area contributed by atoms with E-state index in [1.54, 1.807) is 12.1 Å². The van der Waals surface area contributed by atoms with Gasteiger partial charge in [0.05, 0.1) is 11.5 Å². The van der Waals surface area contributed by atoms with Crippen LogP contribution < -0.4 is 9.47 Å². The predicted molar refractivity (Wildman–Crippen MR) is 100 cm³/mol. The van der Waals surface area contributed by atoms with Crippen LogP contribution in [0.15, 0.2) is 42.6 Å². The van der Waals surface area contributed by atoms with Crippen molar-refractivity contribution in [1.82, 2.24) is 4.98 Å². The normalized spacial score (nSPS) is 14.5. The van der Waals surface area contributed by atoms with Crippen LogP contribution in [0.2, 0.25) is 0 Å². The SMILES string of the molecule is O=C(CC(C(=O)O)c1c[nH]c2cc3c(cc12)OCCO3)c1ccc(C(F)(F)F)cc1. The summed E-state index contributed by atoms with van der Waals surface area (Å²) in [6.45, 7) is 0.776. The first-order valence-electron chi connectivity index (χ1n) is 9.08. The first-order valence-corrected chi connectivity index (χ1v) is 9.08. The molecule has 2 aromatic carbocycles. The number of Topliss-reactive ketones (excluding diaryl/α,β-unsaturated/α-hetero) is 1. The maximum atomic E-state index is 12.7. The van der Waals surface area contributed by atoms with E-state index in [2.05, 4.69) is 4.98 Å². The van der Waals surface area contributed by atoms with Crippen molar-refractivity contribution in [2.45, 2.75) is 18.5 Å². The number of carbonyl (C=O) groups excluding carboxylic acids is 1. The van der Waals surface area contributed by atoms with E-state index in [1.807, 2.05) is 0 Å². The van der Waals surface area contributed by atoms with Crippen molar-refractivity contribution in [3.63, 3.8) is 0 Å². The van der Waals surface area contributed by atoms with Gasteiger partial charge in [0.25, 0.3) is 0 Å². The number of carboxylic acid groups (broad SMARTS) is 1. The minimum Gasteiger partial charge on any atom is -0.486 e. The number of carboxylic acids is 1. The van der Waals surface area contributed by atoms with Gasteiger partial charge in [0, 0.05) is 35.2 Å². The number of aromatic nitrogens is 1. The second-order valence-corrected chi connectivity index (χ2v) is 6.88. The number of nitrogens with one attached hydrogen (secondary N) is 1. The van der Waals surface area contributed by atoms with Crippen molar-refractivity contribution in [1.29, 1.82) is 0 Å². The Balaban J connectivity index is 1.63. The van der Waals surface area contributed by atoms with E-state index < -0.39 is 35.8 Å². The number of hydrogen-bond donors (Lipinski definition) is 2. The molecule has 0 amide bonds. The molecule has 0 aliphatic carbocycles. The van der Waals surface area contributed by atoms with Gasteiger partial charge in [-0.15, -0.1) is 0 Å². The summed E-state index contributed by atoms with van der Waals surface area (Å²) in [5.41, 5.74) is 0.151. The van der Waals surface area contributed by atoms with Crippen molar-refractivity contribution < 1.29 is 37.3 Å². The smallest absolute Gasteiger partial charge is 0.416 e. The van der Waals surface area contributed by atoms with Crippen LogP contribution in [0.4, 0.5) is 13.2 Å². The zero-order valence-electron chi connectivity index (χ0n) is 15.5. The zero-order valence-corrected chi connectivity index (χ0v) is 15.5. The number of rotatable bonds is 5. The summed E-state index contributed by atoms with van der Waals surface area (Å²) in [7, 11) is 0. The number of fused-ring (bicyclic) bond motifs is 2. The number of aliphatic carboxylic acids is 1. The molecular weight excluding hydrogens is 403 g/mol. The summed E-state index contributed by atoms with van der Waals surface area (Å²) in [5.74, 6) is -1.95. The van der Waals surface area contributed by atoms with Crippen LogP contribution >= 0.6 is 0 Å². The molecule has 0 saturated carbocycles. The molecule has 0 saturated heterocycles. The molecule has 2 N–H and O–H groups in total. The molecule has 30 heavy (non-hydrogen) atoms. The average molecular weight is 419 g/mol. The first-order chi connectivity index (χ1) is 14.2. The minimum absolute atomic E-state index is 0.0169. The number of H-pyrrole nitrogens is 1. The Hall–Kier alpha value is -3.49. The molecule has 2 heterocycles. The number of benzene rings is 2. The Morgan fingerprint density at radius 2 is 1.70 bits per heavy atom. The Bertz CT molecular complexity index is 1120. The fraction of sp³-hybridized carbons (Fsp3) is 0.238. The number of hydrogen-bond acceptors (Lipinski definition) is 4. The number of ether oxygens (including phenoxy) is 2. The quantitative estimate of drug-likeness (QED) is 0.599. The highest BCUT2D eigenvalue weighted by atomic mass is 19.4. The molecular formula is C21H16F3NO5. The summed E-state index contributed by atoms with van der Waals surface area (Å²) in [5, 5.41) is 10.3. The Morgan fingerprint density at radius 1 is 1.07 bits per heavy atom. The summed E-state index contributed by atoms with van der Waals surface area (Å²) in [4.78, 5) is 27.5.